The number of carbonyl (C=O) groups excluding carboxylic acids is 1. The number of rotatable bonds is 4. The van der Waals surface area contributed by atoms with Gasteiger partial charge in [0.1, 0.15) is 15.3 Å². The minimum atomic E-state index is -4.56. The van der Waals surface area contributed by atoms with Crippen LogP contribution in [0.4, 0.5) is 19.0 Å². The molecule has 1 N–H and O–H groups in total. The van der Waals surface area contributed by atoms with Crippen molar-refractivity contribution in [2.45, 2.75) is 6.18 Å². The fraction of sp³-hybridized carbons (Fsp3) is 0.167. The van der Waals surface area contributed by atoms with E-state index in [1.807, 2.05) is 0 Å². The molecule has 24 heavy (non-hydrogen) atoms. The molecule has 0 aliphatic heterocycles. The molecular weight excluding hydrogens is 396 g/mol. The summed E-state index contributed by atoms with van der Waals surface area (Å²) in [5, 5.41) is 2.15. The minimum absolute atomic E-state index is 0.0179. The lowest BCUT2D eigenvalue weighted by atomic mass is 10.2. The Morgan fingerprint density at radius 2 is 1.79 bits per heavy atom. The lowest BCUT2D eigenvalue weighted by Crippen LogP contribution is -2.20. The van der Waals surface area contributed by atoms with Crippen LogP contribution < -0.4 is 10.1 Å². The normalized spacial score (nSPS) is 11.2. The number of anilines is 1. The Hall–Kier alpha value is -1.84. The second-order valence-electron chi connectivity index (χ2n) is 4.21. The second kappa shape index (κ2) is 7.37. The summed E-state index contributed by atoms with van der Waals surface area (Å²) in [6, 6.07) is 1.87. The van der Waals surface area contributed by atoms with Gasteiger partial charge in [-0.05, 0) is 12.1 Å². The Kier molecular flexibility index (Phi) is 5.68. The average Bonchev–Trinajstić information content (AvgIpc) is 2.46. The van der Waals surface area contributed by atoms with Crippen LogP contribution in [0, 0.1) is 0 Å². The molecule has 0 saturated heterocycles. The molecule has 6 nitrogen and oxygen atoms in total. The topological polar surface area (TPSA) is 77.0 Å². The van der Waals surface area contributed by atoms with Crippen LogP contribution in [0.2, 0.25) is 15.3 Å². The summed E-state index contributed by atoms with van der Waals surface area (Å²) in [4.78, 5) is 22.9. The summed E-state index contributed by atoms with van der Waals surface area (Å²) in [6.07, 6.45) is -3.57. The largest absolute Gasteiger partial charge is 0.454 e. The number of carbonyl (C=O) groups is 1. The van der Waals surface area contributed by atoms with Crippen molar-refractivity contribution in [2.24, 2.45) is 0 Å². The molecule has 0 unspecified atom stereocenters. The van der Waals surface area contributed by atoms with E-state index < -0.39 is 24.7 Å². The molecule has 0 radical (unpaired) electrons. The van der Waals surface area contributed by atoms with E-state index >= 15 is 0 Å². The van der Waals surface area contributed by atoms with Crippen LogP contribution in [0.3, 0.4) is 0 Å². The molecule has 2 heterocycles. The van der Waals surface area contributed by atoms with Crippen molar-refractivity contribution < 1.29 is 22.7 Å². The molecule has 2 aromatic rings. The fourth-order valence-electron chi connectivity index (χ4n) is 1.43. The van der Waals surface area contributed by atoms with Crippen molar-refractivity contribution in [1.29, 1.82) is 0 Å². The first-order chi connectivity index (χ1) is 11.1. The number of hydrogen-bond acceptors (Lipinski definition) is 5. The Morgan fingerprint density at radius 1 is 1.17 bits per heavy atom. The minimum Gasteiger partial charge on any atom is -0.454 e. The van der Waals surface area contributed by atoms with Crippen LogP contribution in [0.1, 0.15) is 10.4 Å². The molecule has 1 amide bonds. The SMILES string of the molecule is O=C(Nc1nc(OCC(F)(F)F)ncc1Cl)c1cc(Cl)nc(Cl)c1. The first-order valence-corrected chi connectivity index (χ1v) is 7.14. The second-order valence-corrected chi connectivity index (χ2v) is 5.39. The maximum atomic E-state index is 12.1. The molecule has 0 aromatic carbocycles. The number of hydrogen-bond donors (Lipinski definition) is 1. The number of halogens is 6. The molecule has 2 rings (SSSR count). The molecule has 128 valence electrons. The predicted octanol–water partition coefficient (Wildman–Crippen LogP) is 4.03. The van der Waals surface area contributed by atoms with E-state index in [9.17, 15) is 18.0 Å². The van der Waals surface area contributed by atoms with E-state index in [-0.39, 0.29) is 26.7 Å². The van der Waals surface area contributed by atoms with Gasteiger partial charge in [0.25, 0.3) is 5.91 Å². The molecule has 0 bridgehead atoms. The number of aromatic nitrogens is 3. The highest BCUT2D eigenvalue weighted by atomic mass is 35.5. The summed E-state index contributed by atoms with van der Waals surface area (Å²) >= 11 is 17.2. The van der Waals surface area contributed by atoms with E-state index in [1.165, 1.54) is 12.1 Å². The molecule has 12 heteroatoms. The average molecular weight is 402 g/mol. The Balaban J connectivity index is 2.17. The summed E-state index contributed by atoms with van der Waals surface area (Å²) < 4.78 is 40.7. The van der Waals surface area contributed by atoms with Crippen LogP contribution in [0.5, 0.6) is 6.01 Å². The van der Waals surface area contributed by atoms with Gasteiger partial charge in [0.2, 0.25) is 0 Å². The van der Waals surface area contributed by atoms with Gasteiger partial charge in [-0.25, -0.2) is 9.97 Å². The Labute approximate surface area is 147 Å². The third-order valence-corrected chi connectivity index (χ3v) is 3.01. The van der Waals surface area contributed by atoms with Crippen LogP contribution in [-0.2, 0) is 0 Å². The summed E-state index contributed by atoms with van der Waals surface area (Å²) in [7, 11) is 0. The summed E-state index contributed by atoms with van der Waals surface area (Å²) in [5.74, 6) is -0.943. The Morgan fingerprint density at radius 3 is 2.38 bits per heavy atom. The van der Waals surface area contributed by atoms with Gasteiger partial charge in [0.05, 0.1) is 6.20 Å². The molecule has 0 fully saturated rings. The van der Waals surface area contributed by atoms with Crippen molar-refractivity contribution in [1.82, 2.24) is 15.0 Å². The quantitative estimate of drug-likeness (QED) is 0.783. The maximum Gasteiger partial charge on any atom is 0.422 e. The van der Waals surface area contributed by atoms with Gasteiger partial charge < -0.3 is 10.1 Å². The van der Waals surface area contributed by atoms with Crippen molar-refractivity contribution in [3.8, 4) is 6.01 Å². The van der Waals surface area contributed by atoms with Gasteiger partial charge in [0.15, 0.2) is 12.4 Å². The first kappa shape index (κ1) is 18.5. The third-order valence-electron chi connectivity index (χ3n) is 2.34. The lowest BCUT2D eigenvalue weighted by molar-refractivity contribution is -0.154. The van der Waals surface area contributed by atoms with E-state index in [4.69, 9.17) is 34.8 Å². The molecule has 2 aromatic heterocycles. The van der Waals surface area contributed by atoms with Gasteiger partial charge in [-0.15, -0.1) is 0 Å². The number of pyridine rings is 1. The van der Waals surface area contributed by atoms with Crippen LogP contribution in [0.15, 0.2) is 18.3 Å². The zero-order valence-corrected chi connectivity index (χ0v) is 13.6. The molecule has 0 spiro atoms. The number of amides is 1. The number of ether oxygens (including phenoxy) is 1. The highest BCUT2D eigenvalue weighted by Gasteiger charge is 2.29. The number of nitrogens with one attached hydrogen (secondary N) is 1. The lowest BCUT2D eigenvalue weighted by Gasteiger charge is -2.10. The fourth-order valence-corrected chi connectivity index (χ4v) is 2.03. The van der Waals surface area contributed by atoms with Crippen molar-refractivity contribution in [3.63, 3.8) is 0 Å². The summed E-state index contributed by atoms with van der Waals surface area (Å²) in [5.41, 5.74) is 0.0486. The Bertz CT molecular complexity index is 753. The smallest absolute Gasteiger partial charge is 0.422 e. The molecule has 0 aliphatic carbocycles. The number of alkyl halides is 3. The number of nitrogens with zero attached hydrogens (tertiary/aromatic N) is 3. The molecule has 0 saturated carbocycles. The summed E-state index contributed by atoms with van der Waals surface area (Å²) in [6.45, 7) is -1.59. The zero-order valence-electron chi connectivity index (χ0n) is 11.4. The molecular formula is C12H6Cl3F3N4O2. The van der Waals surface area contributed by atoms with Crippen molar-refractivity contribution in [3.05, 3.63) is 39.2 Å². The highest BCUT2D eigenvalue weighted by Crippen LogP contribution is 2.23. The monoisotopic (exact) mass is 400 g/mol. The van der Waals surface area contributed by atoms with Gasteiger partial charge in [-0.3, -0.25) is 4.79 Å². The third kappa shape index (κ3) is 5.36. The van der Waals surface area contributed by atoms with Gasteiger partial charge in [-0.1, -0.05) is 34.8 Å². The standard InChI is InChI=1S/C12H6Cl3F3N4O2/c13-6-3-19-11(24-4-12(16,17)18)22-9(6)21-10(23)5-1-7(14)20-8(15)2-5/h1-3H,4H2,(H,19,21,22,23). The zero-order chi connectivity index (χ0) is 17.9. The molecule has 0 aliphatic rings. The van der Waals surface area contributed by atoms with Gasteiger partial charge >= 0.3 is 12.2 Å². The first-order valence-electron chi connectivity index (χ1n) is 6.00. The van der Waals surface area contributed by atoms with Gasteiger partial charge in [-0.2, -0.15) is 18.2 Å². The highest BCUT2D eigenvalue weighted by molar-refractivity contribution is 6.34. The van der Waals surface area contributed by atoms with Crippen molar-refractivity contribution in [2.75, 3.05) is 11.9 Å². The maximum absolute atomic E-state index is 12.1. The van der Waals surface area contributed by atoms with Crippen LogP contribution >= 0.6 is 34.8 Å². The van der Waals surface area contributed by atoms with Crippen molar-refractivity contribution >= 4 is 46.5 Å². The van der Waals surface area contributed by atoms with Crippen LogP contribution in [-0.4, -0.2) is 33.6 Å². The molecule has 0 atom stereocenters. The predicted molar refractivity (Wildman–Crippen MR) is 80.8 cm³/mol. The van der Waals surface area contributed by atoms with Crippen LogP contribution in [0.25, 0.3) is 0 Å². The van der Waals surface area contributed by atoms with E-state index in [2.05, 4.69) is 25.0 Å². The van der Waals surface area contributed by atoms with Gasteiger partial charge in [0, 0.05) is 5.56 Å². The van der Waals surface area contributed by atoms with E-state index in [0.29, 0.717) is 0 Å². The van der Waals surface area contributed by atoms with E-state index in [0.717, 1.165) is 6.20 Å². The van der Waals surface area contributed by atoms with E-state index in [1.54, 1.807) is 0 Å².